The molecule has 0 aliphatic heterocycles. The van der Waals surface area contributed by atoms with Crippen LogP contribution in [0, 0.1) is 0 Å². The number of benzene rings is 1. The lowest BCUT2D eigenvalue weighted by molar-refractivity contribution is 0.0902. The van der Waals surface area contributed by atoms with Crippen LogP contribution in [-0.4, -0.2) is 30.8 Å². The number of rotatable bonds is 7. The summed E-state index contributed by atoms with van der Waals surface area (Å²) in [5.41, 5.74) is 6.42. The number of pyridine rings is 1. The minimum absolute atomic E-state index is 0.0156. The molecule has 4 N–H and O–H groups in total. The Morgan fingerprint density at radius 2 is 2.25 bits per heavy atom. The zero-order valence-corrected chi connectivity index (χ0v) is 11.3. The highest BCUT2D eigenvalue weighted by molar-refractivity contribution is 5.79. The number of para-hydroxylation sites is 1. The van der Waals surface area contributed by atoms with Gasteiger partial charge in [-0.15, -0.1) is 6.58 Å². The Morgan fingerprint density at radius 3 is 3.00 bits per heavy atom. The van der Waals surface area contributed by atoms with Gasteiger partial charge in [0.25, 0.3) is 0 Å². The van der Waals surface area contributed by atoms with Gasteiger partial charge in [-0.3, -0.25) is 4.79 Å². The van der Waals surface area contributed by atoms with Gasteiger partial charge in [0.2, 0.25) is 0 Å². The molecule has 106 valence electrons. The zero-order chi connectivity index (χ0) is 14.4. The summed E-state index contributed by atoms with van der Waals surface area (Å²) in [6, 6.07) is 8.95. The van der Waals surface area contributed by atoms with Crippen LogP contribution in [-0.2, 0) is 4.74 Å². The van der Waals surface area contributed by atoms with Crippen molar-refractivity contribution in [3.8, 4) is 0 Å². The molecule has 1 unspecified atom stereocenters. The molecule has 0 bridgehead atoms. The SMILES string of the molecule is C=CCOC(CN)CNc1cc(=O)c2ccccc2[nH]1. The van der Waals surface area contributed by atoms with E-state index in [1.807, 2.05) is 18.2 Å². The highest BCUT2D eigenvalue weighted by Gasteiger charge is 2.07. The van der Waals surface area contributed by atoms with Crippen molar-refractivity contribution in [3.63, 3.8) is 0 Å². The van der Waals surface area contributed by atoms with Gasteiger partial charge in [-0.25, -0.2) is 0 Å². The first-order chi connectivity index (χ1) is 9.74. The van der Waals surface area contributed by atoms with E-state index in [1.165, 1.54) is 0 Å². The predicted molar refractivity (Wildman–Crippen MR) is 82.0 cm³/mol. The van der Waals surface area contributed by atoms with Crippen molar-refractivity contribution in [1.82, 2.24) is 4.98 Å². The summed E-state index contributed by atoms with van der Waals surface area (Å²) >= 11 is 0. The molecule has 20 heavy (non-hydrogen) atoms. The van der Waals surface area contributed by atoms with Gasteiger partial charge in [-0.05, 0) is 12.1 Å². The van der Waals surface area contributed by atoms with E-state index in [0.717, 1.165) is 5.52 Å². The molecule has 0 amide bonds. The molecule has 1 atom stereocenters. The standard InChI is InChI=1S/C15H19N3O2/c1-2-7-20-11(9-16)10-17-15-8-14(19)12-5-3-4-6-13(12)18-15/h2-6,8,11H,1,7,9-10,16H2,(H2,17,18,19). The largest absolute Gasteiger partial charge is 0.371 e. The van der Waals surface area contributed by atoms with Gasteiger partial charge in [0, 0.05) is 24.5 Å². The smallest absolute Gasteiger partial charge is 0.191 e. The Balaban J connectivity index is 2.09. The topological polar surface area (TPSA) is 80.1 Å². The molecule has 0 spiro atoms. The molecular weight excluding hydrogens is 254 g/mol. The van der Waals surface area contributed by atoms with Crippen molar-refractivity contribution < 1.29 is 4.74 Å². The number of aromatic amines is 1. The maximum atomic E-state index is 12.0. The Bertz CT molecular complexity index is 636. The lowest BCUT2D eigenvalue weighted by atomic mass is 10.2. The van der Waals surface area contributed by atoms with E-state index < -0.39 is 0 Å². The Kier molecular flexibility index (Phi) is 4.92. The molecule has 0 saturated heterocycles. The summed E-state index contributed by atoms with van der Waals surface area (Å²) in [6.45, 7) is 4.98. The van der Waals surface area contributed by atoms with E-state index in [4.69, 9.17) is 10.5 Å². The van der Waals surface area contributed by atoms with Gasteiger partial charge in [0.1, 0.15) is 5.82 Å². The molecule has 2 aromatic rings. The Labute approximate surface area is 117 Å². The van der Waals surface area contributed by atoms with Crippen LogP contribution < -0.4 is 16.5 Å². The second-order valence-corrected chi connectivity index (χ2v) is 4.45. The Hall–Kier alpha value is -2.11. The zero-order valence-electron chi connectivity index (χ0n) is 11.3. The molecular formula is C15H19N3O2. The molecule has 5 nitrogen and oxygen atoms in total. The van der Waals surface area contributed by atoms with Gasteiger partial charge < -0.3 is 20.8 Å². The monoisotopic (exact) mass is 273 g/mol. The normalized spacial score (nSPS) is 12.2. The summed E-state index contributed by atoms with van der Waals surface area (Å²) in [6.07, 6.45) is 1.56. The van der Waals surface area contributed by atoms with Gasteiger partial charge >= 0.3 is 0 Å². The van der Waals surface area contributed by atoms with Gasteiger partial charge in [-0.2, -0.15) is 0 Å². The quantitative estimate of drug-likeness (QED) is 0.667. The first-order valence-corrected chi connectivity index (χ1v) is 6.53. The van der Waals surface area contributed by atoms with Crippen molar-refractivity contribution in [2.75, 3.05) is 25.0 Å². The Morgan fingerprint density at radius 1 is 1.45 bits per heavy atom. The number of anilines is 1. The van der Waals surface area contributed by atoms with Crippen molar-refractivity contribution in [1.29, 1.82) is 0 Å². The molecule has 1 aromatic carbocycles. The highest BCUT2D eigenvalue weighted by atomic mass is 16.5. The number of aromatic nitrogens is 1. The third kappa shape index (κ3) is 3.46. The maximum absolute atomic E-state index is 12.0. The summed E-state index contributed by atoms with van der Waals surface area (Å²) in [5, 5.41) is 3.82. The summed E-state index contributed by atoms with van der Waals surface area (Å²) < 4.78 is 5.48. The average Bonchev–Trinajstić information content (AvgIpc) is 2.47. The molecule has 0 fully saturated rings. The number of ether oxygens (including phenoxy) is 1. The second-order valence-electron chi connectivity index (χ2n) is 4.45. The molecule has 1 aromatic heterocycles. The van der Waals surface area contributed by atoms with Gasteiger partial charge in [0.05, 0.1) is 18.2 Å². The first kappa shape index (κ1) is 14.3. The minimum atomic E-state index is -0.122. The van der Waals surface area contributed by atoms with Gasteiger partial charge in [-0.1, -0.05) is 18.2 Å². The molecule has 2 rings (SSSR count). The van der Waals surface area contributed by atoms with E-state index in [9.17, 15) is 4.79 Å². The number of hydrogen-bond acceptors (Lipinski definition) is 4. The minimum Gasteiger partial charge on any atom is -0.371 e. The van der Waals surface area contributed by atoms with Crippen LogP contribution in [0.15, 0.2) is 47.8 Å². The van der Waals surface area contributed by atoms with Crippen LogP contribution in [0.1, 0.15) is 0 Å². The lowest BCUT2D eigenvalue weighted by Crippen LogP contribution is -2.31. The number of nitrogens with one attached hydrogen (secondary N) is 2. The lowest BCUT2D eigenvalue weighted by Gasteiger charge is -2.16. The summed E-state index contributed by atoms with van der Waals surface area (Å²) in [4.78, 5) is 15.1. The summed E-state index contributed by atoms with van der Waals surface area (Å²) in [7, 11) is 0. The summed E-state index contributed by atoms with van der Waals surface area (Å²) in [5.74, 6) is 0.661. The molecule has 0 aliphatic carbocycles. The second kappa shape index (κ2) is 6.88. The van der Waals surface area contributed by atoms with Crippen molar-refractivity contribution >= 4 is 16.7 Å². The van der Waals surface area contributed by atoms with Crippen molar-refractivity contribution in [2.24, 2.45) is 5.73 Å². The fraction of sp³-hybridized carbons (Fsp3) is 0.267. The molecule has 5 heteroatoms. The van der Waals surface area contributed by atoms with E-state index in [0.29, 0.717) is 30.9 Å². The van der Waals surface area contributed by atoms with Crippen LogP contribution in [0.4, 0.5) is 5.82 Å². The fourth-order valence-electron chi connectivity index (χ4n) is 1.93. The van der Waals surface area contributed by atoms with E-state index in [1.54, 1.807) is 18.2 Å². The number of nitrogens with two attached hydrogens (primary N) is 1. The van der Waals surface area contributed by atoms with Crippen LogP contribution in [0.3, 0.4) is 0 Å². The number of hydrogen-bond donors (Lipinski definition) is 3. The highest BCUT2D eigenvalue weighted by Crippen LogP contribution is 2.10. The van der Waals surface area contributed by atoms with Crippen molar-refractivity contribution in [2.45, 2.75) is 6.10 Å². The number of fused-ring (bicyclic) bond motifs is 1. The third-order valence-corrected chi connectivity index (χ3v) is 2.97. The van der Waals surface area contributed by atoms with Crippen LogP contribution >= 0.6 is 0 Å². The maximum Gasteiger partial charge on any atom is 0.191 e. The average molecular weight is 273 g/mol. The van der Waals surface area contributed by atoms with Crippen molar-refractivity contribution in [3.05, 3.63) is 53.2 Å². The van der Waals surface area contributed by atoms with Gasteiger partial charge in [0.15, 0.2) is 5.43 Å². The molecule has 0 saturated carbocycles. The number of H-pyrrole nitrogens is 1. The third-order valence-electron chi connectivity index (χ3n) is 2.97. The fourth-order valence-corrected chi connectivity index (χ4v) is 1.93. The van der Waals surface area contributed by atoms with E-state index in [-0.39, 0.29) is 11.5 Å². The van der Waals surface area contributed by atoms with Crippen LogP contribution in [0.5, 0.6) is 0 Å². The van der Waals surface area contributed by atoms with Crippen LogP contribution in [0.2, 0.25) is 0 Å². The molecule has 0 aliphatic rings. The van der Waals surface area contributed by atoms with E-state index >= 15 is 0 Å². The van der Waals surface area contributed by atoms with Crippen LogP contribution in [0.25, 0.3) is 10.9 Å². The molecule has 1 heterocycles. The first-order valence-electron chi connectivity index (χ1n) is 6.53. The predicted octanol–water partition coefficient (Wildman–Crippen LogP) is 1.47. The van der Waals surface area contributed by atoms with E-state index in [2.05, 4.69) is 16.9 Å². The molecule has 0 radical (unpaired) electrons.